The molecule has 1 aliphatic rings. The van der Waals surface area contributed by atoms with Crippen molar-refractivity contribution in [3.63, 3.8) is 0 Å². The van der Waals surface area contributed by atoms with Crippen molar-refractivity contribution in [2.45, 2.75) is 45.4 Å². The first-order valence-electron chi connectivity index (χ1n) is 4.03. The molecule has 1 fully saturated rings. The van der Waals surface area contributed by atoms with Gasteiger partial charge in [0.05, 0.1) is 6.10 Å². The Bertz CT molecular complexity index is 163. The number of hydrogen-bond donors (Lipinski definition) is 3. The van der Waals surface area contributed by atoms with Crippen LogP contribution in [0.2, 0.25) is 0 Å². The van der Waals surface area contributed by atoms with Crippen LogP contribution in [0.3, 0.4) is 0 Å². The second-order valence-corrected chi connectivity index (χ2v) is 4.29. The Hall–Kier alpha value is -0.160. The van der Waals surface area contributed by atoms with Gasteiger partial charge in [-0.2, -0.15) is 0 Å². The highest BCUT2D eigenvalue weighted by molar-refractivity contribution is 4.92. The van der Waals surface area contributed by atoms with Crippen LogP contribution in [0.25, 0.3) is 0 Å². The lowest BCUT2D eigenvalue weighted by molar-refractivity contribution is -0.144. The van der Waals surface area contributed by atoms with Gasteiger partial charge in [-0.05, 0) is 5.41 Å². The van der Waals surface area contributed by atoms with Gasteiger partial charge in [-0.15, -0.1) is 0 Å². The average molecular weight is 176 g/mol. The van der Waals surface area contributed by atoms with Gasteiger partial charge in [-0.1, -0.05) is 20.8 Å². The average Bonchev–Trinajstić information content (AvgIpc) is 2.15. The molecule has 1 rings (SSSR count). The zero-order chi connectivity index (χ0) is 9.52. The van der Waals surface area contributed by atoms with E-state index in [-0.39, 0.29) is 5.41 Å². The lowest BCUT2D eigenvalue weighted by Crippen LogP contribution is -2.39. The molecule has 0 aromatic rings. The van der Waals surface area contributed by atoms with E-state index in [1.54, 1.807) is 0 Å². The van der Waals surface area contributed by atoms with E-state index in [0.29, 0.717) is 0 Å². The highest BCUT2D eigenvalue weighted by atomic mass is 16.6. The first-order valence-corrected chi connectivity index (χ1v) is 4.03. The number of ether oxygens (including phenoxy) is 1. The molecule has 4 nitrogen and oxygen atoms in total. The van der Waals surface area contributed by atoms with Crippen molar-refractivity contribution in [1.29, 1.82) is 0 Å². The van der Waals surface area contributed by atoms with Crippen molar-refractivity contribution in [2.24, 2.45) is 5.41 Å². The Morgan fingerprint density at radius 2 is 1.50 bits per heavy atom. The third kappa shape index (κ3) is 1.61. The van der Waals surface area contributed by atoms with E-state index < -0.39 is 24.6 Å². The summed E-state index contributed by atoms with van der Waals surface area (Å²) < 4.78 is 5.01. The van der Waals surface area contributed by atoms with Crippen LogP contribution in [-0.2, 0) is 4.74 Å². The van der Waals surface area contributed by atoms with Crippen LogP contribution in [0.4, 0.5) is 0 Å². The van der Waals surface area contributed by atoms with Gasteiger partial charge in [-0.3, -0.25) is 0 Å². The third-order valence-electron chi connectivity index (χ3n) is 2.09. The highest BCUT2D eigenvalue weighted by Crippen LogP contribution is 2.32. The maximum atomic E-state index is 9.43. The largest absolute Gasteiger partial charge is 0.387 e. The number of aliphatic hydroxyl groups is 3. The lowest BCUT2D eigenvalue weighted by atomic mass is 9.85. The molecule has 0 amide bonds. The van der Waals surface area contributed by atoms with E-state index in [0.717, 1.165) is 0 Å². The molecule has 4 atom stereocenters. The zero-order valence-corrected chi connectivity index (χ0v) is 7.56. The maximum absolute atomic E-state index is 9.43. The Kier molecular flexibility index (Phi) is 2.45. The van der Waals surface area contributed by atoms with Crippen molar-refractivity contribution < 1.29 is 20.1 Å². The van der Waals surface area contributed by atoms with E-state index in [9.17, 15) is 10.2 Å². The van der Waals surface area contributed by atoms with Crippen LogP contribution in [0, 0.1) is 5.41 Å². The molecule has 1 heterocycles. The summed E-state index contributed by atoms with van der Waals surface area (Å²) in [5, 5.41) is 27.7. The second kappa shape index (κ2) is 2.96. The predicted octanol–water partition coefficient (Wildman–Crippen LogP) is -0.528. The van der Waals surface area contributed by atoms with Crippen molar-refractivity contribution >= 4 is 0 Å². The predicted molar refractivity (Wildman–Crippen MR) is 42.3 cm³/mol. The normalized spacial score (nSPS) is 43.5. The van der Waals surface area contributed by atoms with Crippen molar-refractivity contribution in [3.8, 4) is 0 Å². The van der Waals surface area contributed by atoms with E-state index in [2.05, 4.69) is 0 Å². The van der Waals surface area contributed by atoms with E-state index in [1.165, 1.54) is 0 Å². The summed E-state index contributed by atoms with van der Waals surface area (Å²) in [7, 11) is 0. The van der Waals surface area contributed by atoms with Crippen LogP contribution in [0.5, 0.6) is 0 Å². The summed E-state index contributed by atoms with van der Waals surface area (Å²) in [6, 6.07) is 0. The van der Waals surface area contributed by atoms with Gasteiger partial charge in [0.2, 0.25) is 0 Å². The highest BCUT2D eigenvalue weighted by Gasteiger charge is 2.46. The SMILES string of the molecule is CC(C)(C)C1OC(O)C(O)C1O. The first kappa shape index (κ1) is 9.92. The monoisotopic (exact) mass is 176 g/mol. The van der Waals surface area contributed by atoms with Gasteiger partial charge >= 0.3 is 0 Å². The van der Waals surface area contributed by atoms with Gasteiger partial charge in [-0.25, -0.2) is 0 Å². The molecule has 0 aromatic heterocycles. The molecule has 1 aliphatic heterocycles. The minimum atomic E-state index is -1.26. The van der Waals surface area contributed by atoms with Crippen molar-refractivity contribution in [3.05, 3.63) is 0 Å². The van der Waals surface area contributed by atoms with E-state index in [1.807, 2.05) is 20.8 Å². The van der Waals surface area contributed by atoms with Crippen molar-refractivity contribution in [2.75, 3.05) is 0 Å². The molecular weight excluding hydrogens is 160 g/mol. The van der Waals surface area contributed by atoms with Crippen molar-refractivity contribution in [1.82, 2.24) is 0 Å². The molecule has 4 unspecified atom stereocenters. The molecule has 0 spiro atoms. The van der Waals surface area contributed by atoms with Gasteiger partial charge in [0.1, 0.15) is 12.2 Å². The molecule has 0 aromatic carbocycles. The van der Waals surface area contributed by atoms with Crippen LogP contribution in [-0.4, -0.2) is 39.9 Å². The molecule has 0 bridgehead atoms. The fourth-order valence-corrected chi connectivity index (χ4v) is 1.38. The molecular formula is C8H16O4. The summed E-state index contributed by atoms with van der Waals surface area (Å²) in [5.41, 5.74) is -0.280. The molecule has 0 saturated carbocycles. The van der Waals surface area contributed by atoms with Gasteiger partial charge in [0.25, 0.3) is 0 Å². The van der Waals surface area contributed by atoms with E-state index in [4.69, 9.17) is 9.84 Å². The molecule has 0 aliphatic carbocycles. The molecule has 12 heavy (non-hydrogen) atoms. The first-order chi connectivity index (χ1) is 5.34. The Balaban J connectivity index is 2.71. The van der Waals surface area contributed by atoms with Crippen LogP contribution in [0.1, 0.15) is 20.8 Å². The summed E-state index contributed by atoms with van der Waals surface area (Å²) in [4.78, 5) is 0. The van der Waals surface area contributed by atoms with Gasteiger partial charge in [0.15, 0.2) is 6.29 Å². The van der Waals surface area contributed by atoms with Crippen LogP contribution in [0.15, 0.2) is 0 Å². The standard InChI is InChI=1S/C8H16O4/c1-8(2,3)6-4(9)5(10)7(11)12-6/h4-7,9-11H,1-3H3. The number of rotatable bonds is 0. The maximum Gasteiger partial charge on any atom is 0.183 e. The van der Waals surface area contributed by atoms with Gasteiger partial charge < -0.3 is 20.1 Å². The number of hydrogen-bond acceptors (Lipinski definition) is 4. The second-order valence-electron chi connectivity index (χ2n) is 4.29. The van der Waals surface area contributed by atoms with Crippen LogP contribution >= 0.6 is 0 Å². The number of aliphatic hydroxyl groups excluding tert-OH is 3. The summed E-state index contributed by atoms with van der Waals surface area (Å²) in [6.45, 7) is 5.64. The molecule has 0 radical (unpaired) electrons. The fraction of sp³-hybridized carbons (Fsp3) is 1.00. The quantitative estimate of drug-likeness (QED) is 0.464. The minimum absolute atomic E-state index is 0.280. The molecule has 4 heteroatoms. The summed E-state index contributed by atoms with van der Waals surface area (Å²) in [5.74, 6) is 0. The summed E-state index contributed by atoms with van der Waals surface area (Å²) >= 11 is 0. The minimum Gasteiger partial charge on any atom is -0.387 e. The molecule has 1 saturated heterocycles. The Morgan fingerprint density at radius 1 is 1.00 bits per heavy atom. The lowest BCUT2D eigenvalue weighted by Gasteiger charge is -2.28. The fourth-order valence-electron chi connectivity index (χ4n) is 1.38. The Labute approximate surface area is 71.8 Å². The smallest absolute Gasteiger partial charge is 0.183 e. The van der Waals surface area contributed by atoms with Crippen LogP contribution < -0.4 is 0 Å². The zero-order valence-electron chi connectivity index (χ0n) is 7.56. The Morgan fingerprint density at radius 3 is 1.67 bits per heavy atom. The van der Waals surface area contributed by atoms with Gasteiger partial charge in [0, 0.05) is 0 Å². The third-order valence-corrected chi connectivity index (χ3v) is 2.09. The topological polar surface area (TPSA) is 69.9 Å². The molecule has 72 valence electrons. The molecule has 3 N–H and O–H groups in total. The van der Waals surface area contributed by atoms with E-state index >= 15 is 0 Å². The summed E-state index contributed by atoms with van der Waals surface area (Å²) in [6.07, 6.45) is -3.96.